The Bertz CT molecular complexity index is 558. The fraction of sp³-hybridized carbons (Fsp3) is 0.550. The van der Waals surface area contributed by atoms with Gasteiger partial charge >= 0.3 is 5.97 Å². The van der Waals surface area contributed by atoms with Crippen molar-refractivity contribution in [3.63, 3.8) is 0 Å². The van der Waals surface area contributed by atoms with Crippen LogP contribution in [0, 0.1) is 0 Å². The maximum Gasteiger partial charge on any atom is 0.347 e. The van der Waals surface area contributed by atoms with Gasteiger partial charge in [-0.25, -0.2) is 4.79 Å². The van der Waals surface area contributed by atoms with Gasteiger partial charge in [0.05, 0.1) is 0 Å². The fourth-order valence-electron chi connectivity index (χ4n) is 3.70. The second-order valence-electron chi connectivity index (χ2n) is 6.72. The van der Waals surface area contributed by atoms with Crippen LogP contribution in [0.2, 0.25) is 0 Å². The van der Waals surface area contributed by atoms with E-state index < -0.39 is 11.6 Å². The molecule has 0 spiro atoms. The summed E-state index contributed by atoms with van der Waals surface area (Å²) in [6, 6.07) is 9.25. The van der Waals surface area contributed by atoms with Crippen molar-refractivity contribution in [2.24, 2.45) is 0 Å². The SMILES string of the molecule is O=C(OC1CCCCC1)[C@](O)(C1=CCCCC1)c1ccccc1. The van der Waals surface area contributed by atoms with E-state index in [9.17, 15) is 9.90 Å². The molecule has 1 aromatic carbocycles. The minimum Gasteiger partial charge on any atom is -0.460 e. The van der Waals surface area contributed by atoms with Crippen LogP contribution >= 0.6 is 0 Å². The van der Waals surface area contributed by atoms with Gasteiger partial charge in [-0.15, -0.1) is 0 Å². The monoisotopic (exact) mass is 314 g/mol. The maximum absolute atomic E-state index is 12.9. The number of rotatable bonds is 4. The Kier molecular flexibility index (Phi) is 5.16. The van der Waals surface area contributed by atoms with Crippen molar-refractivity contribution in [2.75, 3.05) is 0 Å². The van der Waals surface area contributed by atoms with Crippen LogP contribution < -0.4 is 0 Å². The average Bonchev–Trinajstić information content (AvgIpc) is 2.63. The minimum atomic E-state index is -1.63. The van der Waals surface area contributed by atoms with Gasteiger partial charge in [0.1, 0.15) is 6.10 Å². The predicted molar refractivity (Wildman–Crippen MR) is 89.9 cm³/mol. The largest absolute Gasteiger partial charge is 0.460 e. The first-order chi connectivity index (χ1) is 11.2. The van der Waals surface area contributed by atoms with Gasteiger partial charge in [-0.1, -0.05) is 42.8 Å². The summed E-state index contributed by atoms with van der Waals surface area (Å²) >= 11 is 0. The fourth-order valence-corrected chi connectivity index (χ4v) is 3.70. The van der Waals surface area contributed by atoms with Crippen molar-refractivity contribution in [3.8, 4) is 0 Å². The van der Waals surface area contributed by atoms with E-state index in [0.717, 1.165) is 56.9 Å². The van der Waals surface area contributed by atoms with Crippen molar-refractivity contribution >= 4 is 5.97 Å². The van der Waals surface area contributed by atoms with Gasteiger partial charge in [-0.2, -0.15) is 0 Å². The third kappa shape index (κ3) is 3.50. The molecule has 0 saturated heterocycles. The van der Waals surface area contributed by atoms with E-state index in [0.29, 0.717) is 5.56 Å². The first-order valence-corrected chi connectivity index (χ1v) is 8.90. The number of carbonyl (C=O) groups excluding carboxylic acids is 1. The molecular formula is C20H26O3. The van der Waals surface area contributed by atoms with Crippen LogP contribution in [0.1, 0.15) is 63.4 Å². The summed E-state index contributed by atoms with van der Waals surface area (Å²) in [5.41, 5.74) is -0.205. The van der Waals surface area contributed by atoms with Crippen LogP contribution in [0.25, 0.3) is 0 Å². The Labute approximate surface area is 138 Å². The molecule has 3 nitrogen and oxygen atoms in total. The summed E-state index contributed by atoms with van der Waals surface area (Å²) in [5, 5.41) is 11.4. The summed E-state index contributed by atoms with van der Waals surface area (Å²) in [6.07, 6.45) is 11.0. The predicted octanol–water partition coefficient (Wildman–Crippen LogP) is 4.25. The van der Waals surface area contributed by atoms with Gasteiger partial charge < -0.3 is 9.84 Å². The van der Waals surface area contributed by atoms with Gasteiger partial charge in [0.2, 0.25) is 5.60 Å². The molecule has 2 aliphatic carbocycles. The average molecular weight is 314 g/mol. The Morgan fingerprint density at radius 3 is 2.43 bits per heavy atom. The molecule has 0 radical (unpaired) electrons. The lowest BCUT2D eigenvalue weighted by atomic mass is 9.80. The highest BCUT2D eigenvalue weighted by Crippen LogP contribution is 2.37. The van der Waals surface area contributed by atoms with Crippen molar-refractivity contribution in [1.29, 1.82) is 0 Å². The quantitative estimate of drug-likeness (QED) is 0.667. The molecule has 1 N–H and O–H groups in total. The van der Waals surface area contributed by atoms with Crippen molar-refractivity contribution in [1.82, 2.24) is 0 Å². The molecule has 1 aromatic rings. The van der Waals surface area contributed by atoms with Crippen molar-refractivity contribution in [2.45, 2.75) is 69.5 Å². The summed E-state index contributed by atoms with van der Waals surface area (Å²) in [4.78, 5) is 12.9. The molecule has 3 heteroatoms. The summed E-state index contributed by atoms with van der Waals surface area (Å²) < 4.78 is 5.73. The second kappa shape index (κ2) is 7.31. The summed E-state index contributed by atoms with van der Waals surface area (Å²) in [5.74, 6) is -0.497. The van der Waals surface area contributed by atoms with Crippen LogP contribution in [0.15, 0.2) is 42.0 Å². The lowest BCUT2D eigenvalue weighted by Gasteiger charge is -2.33. The van der Waals surface area contributed by atoms with E-state index in [1.165, 1.54) is 6.42 Å². The molecule has 0 amide bonds. The molecule has 3 rings (SSSR count). The molecular weight excluding hydrogens is 288 g/mol. The number of allylic oxidation sites excluding steroid dienone is 1. The van der Waals surface area contributed by atoms with E-state index in [1.54, 1.807) is 0 Å². The van der Waals surface area contributed by atoms with Gasteiger partial charge in [0.25, 0.3) is 0 Å². The number of carbonyl (C=O) groups is 1. The van der Waals surface area contributed by atoms with E-state index in [1.807, 2.05) is 36.4 Å². The Morgan fingerprint density at radius 2 is 1.78 bits per heavy atom. The summed E-state index contributed by atoms with van der Waals surface area (Å²) in [6.45, 7) is 0. The van der Waals surface area contributed by atoms with E-state index in [4.69, 9.17) is 4.74 Å². The zero-order chi connectivity index (χ0) is 16.1. The number of hydrogen-bond donors (Lipinski definition) is 1. The highest BCUT2D eigenvalue weighted by Gasteiger charge is 2.44. The Balaban J connectivity index is 1.88. The molecule has 0 bridgehead atoms. The minimum absolute atomic E-state index is 0.0457. The van der Waals surface area contributed by atoms with Crippen LogP contribution in [-0.2, 0) is 15.1 Å². The molecule has 1 saturated carbocycles. The molecule has 0 unspecified atom stereocenters. The molecule has 23 heavy (non-hydrogen) atoms. The van der Waals surface area contributed by atoms with Crippen molar-refractivity contribution < 1.29 is 14.6 Å². The lowest BCUT2D eigenvalue weighted by molar-refractivity contribution is -0.170. The van der Waals surface area contributed by atoms with E-state index >= 15 is 0 Å². The number of benzene rings is 1. The highest BCUT2D eigenvalue weighted by molar-refractivity contribution is 5.85. The molecule has 0 heterocycles. The van der Waals surface area contributed by atoms with Gasteiger partial charge in [-0.3, -0.25) is 0 Å². The van der Waals surface area contributed by atoms with Gasteiger partial charge in [0, 0.05) is 0 Å². The number of aliphatic hydroxyl groups is 1. The third-order valence-electron chi connectivity index (χ3n) is 5.07. The van der Waals surface area contributed by atoms with Crippen LogP contribution in [-0.4, -0.2) is 17.2 Å². The highest BCUT2D eigenvalue weighted by atomic mass is 16.6. The third-order valence-corrected chi connectivity index (χ3v) is 5.07. The summed E-state index contributed by atoms with van der Waals surface area (Å²) in [7, 11) is 0. The molecule has 0 aliphatic heterocycles. The molecule has 1 atom stereocenters. The molecule has 1 fully saturated rings. The van der Waals surface area contributed by atoms with Crippen LogP contribution in [0.4, 0.5) is 0 Å². The van der Waals surface area contributed by atoms with Crippen LogP contribution in [0.3, 0.4) is 0 Å². The first-order valence-electron chi connectivity index (χ1n) is 8.90. The van der Waals surface area contributed by atoms with Crippen LogP contribution in [0.5, 0.6) is 0 Å². The topological polar surface area (TPSA) is 46.5 Å². The number of hydrogen-bond acceptors (Lipinski definition) is 3. The zero-order valence-electron chi connectivity index (χ0n) is 13.7. The van der Waals surface area contributed by atoms with Gasteiger partial charge in [-0.05, 0) is 62.5 Å². The number of ether oxygens (including phenoxy) is 1. The molecule has 0 aromatic heterocycles. The molecule has 124 valence electrons. The molecule has 2 aliphatic rings. The normalized spacial score (nSPS) is 22.0. The van der Waals surface area contributed by atoms with Crippen molar-refractivity contribution in [3.05, 3.63) is 47.5 Å². The Morgan fingerprint density at radius 1 is 1.04 bits per heavy atom. The first kappa shape index (κ1) is 16.3. The van der Waals surface area contributed by atoms with E-state index in [2.05, 4.69) is 0 Å². The lowest BCUT2D eigenvalue weighted by Crippen LogP contribution is -2.42. The van der Waals surface area contributed by atoms with Gasteiger partial charge in [0.15, 0.2) is 0 Å². The second-order valence-corrected chi connectivity index (χ2v) is 6.72. The van der Waals surface area contributed by atoms with E-state index in [-0.39, 0.29) is 6.10 Å². The number of esters is 1. The standard InChI is InChI=1S/C20H26O3/c21-19(23-18-14-8-3-9-15-18)20(22,16-10-4-1-5-11-16)17-12-6-2-7-13-17/h1,4-5,10-12,18,22H,2-3,6-9,13-15H2/t20-/m1/s1. The zero-order valence-corrected chi connectivity index (χ0v) is 13.7. The maximum atomic E-state index is 12.9. The smallest absolute Gasteiger partial charge is 0.347 e. The Hall–Kier alpha value is -1.61.